The van der Waals surface area contributed by atoms with Gasteiger partial charge in [-0.3, -0.25) is 9.59 Å². The van der Waals surface area contributed by atoms with Crippen LogP contribution >= 0.6 is 0 Å². The van der Waals surface area contributed by atoms with Crippen LogP contribution in [0.3, 0.4) is 0 Å². The van der Waals surface area contributed by atoms with E-state index in [-0.39, 0.29) is 11.8 Å². The predicted molar refractivity (Wildman–Crippen MR) is 70.8 cm³/mol. The minimum atomic E-state index is -1.12. The zero-order chi connectivity index (χ0) is 14.4. The minimum absolute atomic E-state index is 0.0943. The third kappa shape index (κ3) is 4.99. The number of benzene rings is 1. The Morgan fingerprint density at radius 2 is 1.79 bits per heavy atom. The number of nitrogens with one attached hydrogen (secondary N) is 1. The first-order chi connectivity index (χ1) is 8.90. The number of aryl methyl sites for hydroxylation is 1. The standard InChI is InChI=1S/C14H19NO4/c1-9(15-13(17)10(2)14(18)19)3-4-11-5-7-12(16)8-6-11/h5-10,16H,3-4H2,1-2H3,(H,15,17)(H,18,19). The van der Waals surface area contributed by atoms with Crippen molar-refractivity contribution in [2.75, 3.05) is 0 Å². The highest BCUT2D eigenvalue weighted by atomic mass is 16.4. The smallest absolute Gasteiger partial charge is 0.315 e. The topological polar surface area (TPSA) is 86.6 Å². The summed E-state index contributed by atoms with van der Waals surface area (Å²) in [5.74, 6) is -2.40. The molecule has 0 aliphatic heterocycles. The number of carbonyl (C=O) groups excluding carboxylic acids is 1. The van der Waals surface area contributed by atoms with E-state index in [1.807, 2.05) is 19.1 Å². The second-order valence-electron chi connectivity index (χ2n) is 4.67. The number of aromatic hydroxyl groups is 1. The molecular formula is C14H19NO4. The lowest BCUT2D eigenvalue weighted by molar-refractivity contribution is -0.146. The summed E-state index contributed by atoms with van der Waals surface area (Å²) in [5.41, 5.74) is 1.06. The number of carbonyl (C=O) groups is 2. The molecular weight excluding hydrogens is 246 g/mol. The van der Waals surface area contributed by atoms with Gasteiger partial charge in [0.1, 0.15) is 11.7 Å². The van der Waals surface area contributed by atoms with Crippen LogP contribution in [0.25, 0.3) is 0 Å². The molecule has 0 radical (unpaired) electrons. The SMILES string of the molecule is CC(CCc1ccc(O)cc1)NC(=O)C(C)C(=O)O. The van der Waals surface area contributed by atoms with Gasteiger partial charge in [-0.25, -0.2) is 0 Å². The highest BCUT2D eigenvalue weighted by Gasteiger charge is 2.21. The second-order valence-corrected chi connectivity index (χ2v) is 4.67. The molecule has 0 bridgehead atoms. The molecule has 1 aromatic carbocycles. The molecule has 5 nitrogen and oxygen atoms in total. The Labute approximate surface area is 112 Å². The average molecular weight is 265 g/mol. The first kappa shape index (κ1) is 15.0. The molecule has 5 heteroatoms. The van der Waals surface area contributed by atoms with E-state index in [1.54, 1.807) is 12.1 Å². The number of hydrogen-bond acceptors (Lipinski definition) is 3. The average Bonchev–Trinajstić information content (AvgIpc) is 2.37. The van der Waals surface area contributed by atoms with Gasteiger partial charge in [0, 0.05) is 6.04 Å². The molecule has 0 saturated carbocycles. The molecule has 1 aromatic rings. The number of hydrogen-bond donors (Lipinski definition) is 3. The van der Waals surface area contributed by atoms with Crippen molar-refractivity contribution in [2.45, 2.75) is 32.7 Å². The van der Waals surface area contributed by atoms with E-state index < -0.39 is 17.8 Å². The van der Waals surface area contributed by atoms with Crippen LogP contribution in [-0.2, 0) is 16.0 Å². The van der Waals surface area contributed by atoms with Gasteiger partial charge >= 0.3 is 5.97 Å². The summed E-state index contributed by atoms with van der Waals surface area (Å²) >= 11 is 0. The highest BCUT2D eigenvalue weighted by Crippen LogP contribution is 2.12. The lowest BCUT2D eigenvalue weighted by Crippen LogP contribution is -2.39. The van der Waals surface area contributed by atoms with Gasteiger partial charge in [-0.05, 0) is 44.4 Å². The first-order valence-electron chi connectivity index (χ1n) is 6.21. The van der Waals surface area contributed by atoms with Crippen molar-refractivity contribution < 1.29 is 19.8 Å². The number of phenolic OH excluding ortho intramolecular Hbond substituents is 1. The molecule has 1 amide bonds. The zero-order valence-corrected chi connectivity index (χ0v) is 11.1. The van der Waals surface area contributed by atoms with Gasteiger partial charge in [-0.15, -0.1) is 0 Å². The zero-order valence-electron chi connectivity index (χ0n) is 11.1. The number of rotatable bonds is 6. The summed E-state index contributed by atoms with van der Waals surface area (Å²) < 4.78 is 0. The van der Waals surface area contributed by atoms with E-state index in [9.17, 15) is 9.59 Å². The lowest BCUT2D eigenvalue weighted by Gasteiger charge is -2.15. The van der Waals surface area contributed by atoms with Gasteiger partial charge in [-0.2, -0.15) is 0 Å². The molecule has 0 heterocycles. The number of carboxylic acid groups (broad SMARTS) is 1. The second kappa shape index (κ2) is 6.78. The van der Waals surface area contributed by atoms with Crippen LogP contribution in [-0.4, -0.2) is 28.1 Å². The quantitative estimate of drug-likeness (QED) is 0.681. The van der Waals surface area contributed by atoms with Gasteiger partial charge in [0.25, 0.3) is 0 Å². The van der Waals surface area contributed by atoms with Crippen molar-refractivity contribution in [3.63, 3.8) is 0 Å². The van der Waals surface area contributed by atoms with Gasteiger partial charge in [-0.1, -0.05) is 12.1 Å². The van der Waals surface area contributed by atoms with E-state index in [0.29, 0.717) is 6.42 Å². The summed E-state index contributed by atoms with van der Waals surface area (Å²) in [6.45, 7) is 3.21. The van der Waals surface area contributed by atoms with Crippen LogP contribution in [0.1, 0.15) is 25.8 Å². The van der Waals surface area contributed by atoms with E-state index in [4.69, 9.17) is 10.2 Å². The van der Waals surface area contributed by atoms with Gasteiger partial charge in [0.2, 0.25) is 5.91 Å². The van der Waals surface area contributed by atoms with E-state index in [1.165, 1.54) is 6.92 Å². The largest absolute Gasteiger partial charge is 0.508 e. The molecule has 0 spiro atoms. The highest BCUT2D eigenvalue weighted by molar-refractivity contribution is 5.96. The number of aliphatic carboxylic acids is 1. The third-order valence-corrected chi connectivity index (χ3v) is 2.95. The van der Waals surface area contributed by atoms with Crippen molar-refractivity contribution in [2.24, 2.45) is 5.92 Å². The fourth-order valence-corrected chi connectivity index (χ4v) is 1.60. The maximum Gasteiger partial charge on any atom is 0.315 e. The molecule has 0 aliphatic carbocycles. The van der Waals surface area contributed by atoms with Crippen molar-refractivity contribution in [1.29, 1.82) is 0 Å². The van der Waals surface area contributed by atoms with Crippen molar-refractivity contribution in [3.05, 3.63) is 29.8 Å². The van der Waals surface area contributed by atoms with Gasteiger partial charge < -0.3 is 15.5 Å². The molecule has 2 atom stereocenters. The van der Waals surface area contributed by atoms with Crippen LogP contribution < -0.4 is 5.32 Å². The molecule has 2 unspecified atom stereocenters. The van der Waals surface area contributed by atoms with Crippen molar-refractivity contribution in [1.82, 2.24) is 5.32 Å². The summed E-state index contributed by atoms with van der Waals surface area (Å²) in [7, 11) is 0. The number of carboxylic acids is 1. The minimum Gasteiger partial charge on any atom is -0.508 e. The van der Waals surface area contributed by atoms with Crippen LogP contribution in [0.15, 0.2) is 24.3 Å². The Hall–Kier alpha value is -2.04. The first-order valence-corrected chi connectivity index (χ1v) is 6.21. The molecule has 0 aromatic heterocycles. The third-order valence-electron chi connectivity index (χ3n) is 2.95. The molecule has 0 fully saturated rings. The molecule has 3 N–H and O–H groups in total. The van der Waals surface area contributed by atoms with E-state index >= 15 is 0 Å². The van der Waals surface area contributed by atoms with Crippen LogP contribution in [0.4, 0.5) is 0 Å². The molecule has 0 saturated heterocycles. The molecule has 19 heavy (non-hydrogen) atoms. The molecule has 1 rings (SSSR count). The van der Waals surface area contributed by atoms with Crippen molar-refractivity contribution in [3.8, 4) is 5.75 Å². The fourth-order valence-electron chi connectivity index (χ4n) is 1.60. The molecule has 0 aliphatic rings. The van der Waals surface area contributed by atoms with Gasteiger partial charge in [0.05, 0.1) is 0 Å². The van der Waals surface area contributed by atoms with Crippen molar-refractivity contribution >= 4 is 11.9 Å². The lowest BCUT2D eigenvalue weighted by atomic mass is 10.1. The summed E-state index contributed by atoms with van der Waals surface area (Å²) in [6, 6.07) is 6.78. The van der Waals surface area contributed by atoms with Crippen LogP contribution in [0.5, 0.6) is 5.75 Å². The monoisotopic (exact) mass is 265 g/mol. The maximum absolute atomic E-state index is 11.5. The summed E-state index contributed by atoms with van der Waals surface area (Å²) in [4.78, 5) is 22.2. The van der Waals surface area contributed by atoms with Gasteiger partial charge in [0.15, 0.2) is 0 Å². The Balaban J connectivity index is 2.39. The predicted octanol–water partition coefficient (Wildman–Crippen LogP) is 1.55. The molecule has 104 valence electrons. The van der Waals surface area contributed by atoms with Crippen LogP contribution in [0.2, 0.25) is 0 Å². The maximum atomic E-state index is 11.5. The number of amides is 1. The Bertz CT molecular complexity index is 441. The summed E-state index contributed by atoms with van der Waals surface area (Å²) in [6.07, 6.45) is 1.46. The Morgan fingerprint density at radius 1 is 1.21 bits per heavy atom. The Morgan fingerprint density at radius 3 is 2.32 bits per heavy atom. The fraction of sp³-hybridized carbons (Fsp3) is 0.429. The normalized spacial score (nSPS) is 13.6. The Kier molecular flexibility index (Phi) is 5.36. The number of phenols is 1. The summed E-state index contributed by atoms with van der Waals surface area (Å²) in [5, 5.41) is 20.5. The van der Waals surface area contributed by atoms with E-state index in [2.05, 4.69) is 5.32 Å². The van der Waals surface area contributed by atoms with Crippen LogP contribution in [0, 0.1) is 5.92 Å². The van der Waals surface area contributed by atoms with E-state index in [0.717, 1.165) is 12.0 Å².